The Hall–Kier alpha value is -2.17. The van der Waals surface area contributed by atoms with Crippen LogP contribution in [-0.4, -0.2) is 47.2 Å². The number of fused-ring (bicyclic) bond motifs is 1. The zero-order valence-corrected chi connectivity index (χ0v) is 14.4. The molecule has 3 rings (SSSR count). The SMILES string of the molecule is CCCCN1C(=O)c2ccc(C(=O)N3CCC[C@@H](C)C3)cc2C1=O. The number of nitrogens with zero attached hydrogens (tertiary/aromatic N) is 2. The molecule has 5 nitrogen and oxygen atoms in total. The highest BCUT2D eigenvalue weighted by Crippen LogP contribution is 2.26. The van der Waals surface area contributed by atoms with Crippen LogP contribution in [0.5, 0.6) is 0 Å². The summed E-state index contributed by atoms with van der Waals surface area (Å²) in [4.78, 5) is 40.7. The van der Waals surface area contributed by atoms with Crippen LogP contribution >= 0.6 is 0 Å². The fraction of sp³-hybridized carbons (Fsp3) is 0.526. The molecule has 1 aromatic rings. The molecule has 0 aliphatic carbocycles. The van der Waals surface area contributed by atoms with Crippen molar-refractivity contribution in [1.82, 2.24) is 9.80 Å². The molecule has 5 heteroatoms. The van der Waals surface area contributed by atoms with Gasteiger partial charge in [0.2, 0.25) is 0 Å². The third-order valence-electron chi connectivity index (χ3n) is 4.90. The van der Waals surface area contributed by atoms with Crippen LogP contribution in [-0.2, 0) is 0 Å². The van der Waals surface area contributed by atoms with Crippen molar-refractivity contribution in [2.75, 3.05) is 19.6 Å². The van der Waals surface area contributed by atoms with E-state index in [1.165, 1.54) is 4.90 Å². The summed E-state index contributed by atoms with van der Waals surface area (Å²) < 4.78 is 0. The van der Waals surface area contributed by atoms with Gasteiger partial charge in [0.1, 0.15) is 0 Å². The van der Waals surface area contributed by atoms with Crippen LogP contribution in [0.4, 0.5) is 0 Å². The predicted octanol–water partition coefficient (Wildman–Crippen LogP) is 2.95. The van der Waals surface area contributed by atoms with Gasteiger partial charge in [0.25, 0.3) is 17.7 Å². The number of likely N-dealkylation sites (tertiary alicyclic amines) is 1. The summed E-state index contributed by atoms with van der Waals surface area (Å²) in [5, 5.41) is 0. The number of hydrogen-bond donors (Lipinski definition) is 0. The first-order valence-electron chi connectivity index (χ1n) is 8.82. The highest BCUT2D eigenvalue weighted by Gasteiger charge is 2.36. The Morgan fingerprint density at radius 2 is 1.96 bits per heavy atom. The molecule has 0 saturated carbocycles. The van der Waals surface area contributed by atoms with E-state index in [1.54, 1.807) is 18.2 Å². The number of piperidine rings is 1. The molecular formula is C19H24N2O3. The van der Waals surface area contributed by atoms with Gasteiger partial charge in [-0.3, -0.25) is 19.3 Å². The number of benzene rings is 1. The van der Waals surface area contributed by atoms with Crippen molar-refractivity contribution >= 4 is 17.7 Å². The van der Waals surface area contributed by atoms with Gasteiger partial charge in [0, 0.05) is 25.2 Å². The highest BCUT2D eigenvalue weighted by molar-refractivity contribution is 6.22. The maximum Gasteiger partial charge on any atom is 0.261 e. The molecule has 0 spiro atoms. The van der Waals surface area contributed by atoms with E-state index in [9.17, 15) is 14.4 Å². The molecule has 0 N–H and O–H groups in total. The normalized spacial score (nSPS) is 20.5. The largest absolute Gasteiger partial charge is 0.338 e. The lowest BCUT2D eigenvalue weighted by molar-refractivity contribution is 0.0651. The van der Waals surface area contributed by atoms with Gasteiger partial charge in [-0.15, -0.1) is 0 Å². The third kappa shape index (κ3) is 2.95. The summed E-state index contributed by atoms with van der Waals surface area (Å²) in [6, 6.07) is 4.90. The zero-order valence-electron chi connectivity index (χ0n) is 14.4. The van der Waals surface area contributed by atoms with Gasteiger partial charge < -0.3 is 4.90 Å². The monoisotopic (exact) mass is 328 g/mol. The van der Waals surface area contributed by atoms with Crippen LogP contribution in [0.3, 0.4) is 0 Å². The Labute approximate surface area is 142 Å². The Bertz CT molecular complexity index is 683. The fourth-order valence-corrected chi connectivity index (χ4v) is 3.50. The van der Waals surface area contributed by atoms with Gasteiger partial charge in [-0.05, 0) is 43.4 Å². The van der Waals surface area contributed by atoms with Crippen LogP contribution in [0.25, 0.3) is 0 Å². The molecule has 1 fully saturated rings. The minimum absolute atomic E-state index is 0.0448. The number of amides is 3. The van der Waals surface area contributed by atoms with Crippen molar-refractivity contribution in [3.05, 3.63) is 34.9 Å². The van der Waals surface area contributed by atoms with Crippen LogP contribution in [0.2, 0.25) is 0 Å². The minimum Gasteiger partial charge on any atom is -0.338 e. The van der Waals surface area contributed by atoms with E-state index in [0.717, 1.165) is 38.8 Å². The van der Waals surface area contributed by atoms with Crippen molar-refractivity contribution in [2.24, 2.45) is 5.92 Å². The molecule has 0 aromatic heterocycles. The second-order valence-electron chi connectivity index (χ2n) is 6.87. The Kier molecular flexibility index (Phi) is 4.69. The van der Waals surface area contributed by atoms with E-state index >= 15 is 0 Å². The molecular weight excluding hydrogens is 304 g/mol. The topological polar surface area (TPSA) is 57.7 Å². The van der Waals surface area contributed by atoms with E-state index in [4.69, 9.17) is 0 Å². The van der Waals surface area contributed by atoms with Gasteiger partial charge in [-0.25, -0.2) is 0 Å². The average molecular weight is 328 g/mol. The van der Waals surface area contributed by atoms with Crippen molar-refractivity contribution in [2.45, 2.75) is 39.5 Å². The molecule has 1 aromatic carbocycles. The summed E-state index contributed by atoms with van der Waals surface area (Å²) >= 11 is 0. The summed E-state index contributed by atoms with van der Waals surface area (Å²) in [5.74, 6) is -0.0550. The van der Waals surface area contributed by atoms with Crippen molar-refractivity contribution in [3.63, 3.8) is 0 Å². The molecule has 1 saturated heterocycles. The molecule has 0 radical (unpaired) electrons. The van der Waals surface area contributed by atoms with E-state index < -0.39 is 0 Å². The first-order valence-corrected chi connectivity index (χ1v) is 8.82. The van der Waals surface area contributed by atoms with Crippen molar-refractivity contribution in [1.29, 1.82) is 0 Å². The van der Waals surface area contributed by atoms with Crippen LogP contribution in [0.15, 0.2) is 18.2 Å². The predicted molar refractivity (Wildman–Crippen MR) is 91.0 cm³/mol. The summed E-state index contributed by atoms with van der Waals surface area (Å²) in [6.45, 7) is 6.13. The zero-order chi connectivity index (χ0) is 17.3. The fourth-order valence-electron chi connectivity index (χ4n) is 3.50. The van der Waals surface area contributed by atoms with Gasteiger partial charge >= 0.3 is 0 Å². The second kappa shape index (κ2) is 6.75. The van der Waals surface area contributed by atoms with E-state index in [0.29, 0.717) is 29.2 Å². The Morgan fingerprint density at radius 1 is 1.21 bits per heavy atom. The second-order valence-corrected chi connectivity index (χ2v) is 6.87. The van der Waals surface area contributed by atoms with E-state index in [2.05, 4.69) is 6.92 Å². The van der Waals surface area contributed by atoms with Crippen LogP contribution < -0.4 is 0 Å². The van der Waals surface area contributed by atoms with E-state index in [-0.39, 0.29) is 17.7 Å². The molecule has 24 heavy (non-hydrogen) atoms. The molecule has 3 amide bonds. The van der Waals surface area contributed by atoms with Crippen LogP contribution in [0, 0.1) is 5.92 Å². The number of rotatable bonds is 4. The lowest BCUT2D eigenvalue weighted by Gasteiger charge is -2.31. The highest BCUT2D eigenvalue weighted by atomic mass is 16.2. The summed E-state index contributed by atoms with van der Waals surface area (Å²) in [5.41, 5.74) is 1.29. The number of carbonyl (C=O) groups is 3. The number of unbranched alkanes of at least 4 members (excludes halogenated alkanes) is 1. The molecule has 128 valence electrons. The molecule has 0 unspecified atom stereocenters. The van der Waals surface area contributed by atoms with Gasteiger partial charge in [0.15, 0.2) is 0 Å². The molecule has 2 aliphatic heterocycles. The average Bonchev–Trinajstić information content (AvgIpc) is 2.83. The smallest absolute Gasteiger partial charge is 0.261 e. The van der Waals surface area contributed by atoms with Crippen molar-refractivity contribution in [3.8, 4) is 0 Å². The first kappa shape index (κ1) is 16.7. The lowest BCUT2D eigenvalue weighted by Crippen LogP contribution is -2.39. The van der Waals surface area contributed by atoms with Crippen molar-refractivity contribution < 1.29 is 14.4 Å². The van der Waals surface area contributed by atoms with Crippen LogP contribution in [0.1, 0.15) is 70.6 Å². The number of imide groups is 1. The van der Waals surface area contributed by atoms with Gasteiger partial charge in [0.05, 0.1) is 11.1 Å². The van der Waals surface area contributed by atoms with Gasteiger partial charge in [-0.1, -0.05) is 20.3 Å². The Balaban J connectivity index is 1.83. The summed E-state index contributed by atoms with van der Waals surface area (Å²) in [6.07, 6.45) is 3.88. The number of hydrogen-bond acceptors (Lipinski definition) is 3. The maximum absolute atomic E-state index is 12.7. The first-order chi connectivity index (χ1) is 11.5. The molecule has 2 heterocycles. The minimum atomic E-state index is -0.273. The standard InChI is InChI=1S/C19H24N2O3/c1-3-4-10-21-18(23)15-8-7-14(11-16(15)19(21)24)17(22)20-9-5-6-13(2)12-20/h7-8,11,13H,3-6,9-10,12H2,1-2H3/t13-/m1/s1. The van der Waals surface area contributed by atoms with E-state index in [1.807, 2.05) is 11.8 Å². The number of carbonyl (C=O) groups excluding carboxylic acids is 3. The Morgan fingerprint density at radius 3 is 2.67 bits per heavy atom. The molecule has 0 bridgehead atoms. The van der Waals surface area contributed by atoms with Gasteiger partial charge in [-0.2, -0.15) is 0 Å². The lowest BCUT2D eigenvalue weighted by atomic mass is 9.98. The quantitative estimate of drug-likeness (QED) is 0.799. The molecule has 1 atom stereocenters. The maximum atomic E-state index is 12.7. The summed E-state index contributed by atoms with van der Waals surface area (Å²) in [7, 11) is 0. The third-order valence-corrected chi connectivity index (χ3v) is 4.90. The molecule has 2 aliphatic rings.